The summed E-state index contributed by atoms with van der Waals surface area (Å²) < 4.78 is 5.81. The fraction of sp³-hybridized carbons (Fsp3) is 0.481. The number of hydrogen-bond donors (Lipinski definition) is 1. The van der Waals surface area contributed by atoms with Crippen LogP contribution < -0.4 is 10.1 Å². The van der Waals surface area contributed by atoms with Gasteiger partial charge in [-0.1, -0.05) is 70.5 Å². The zero-order valence-electron chi connectivity index (χ0n) is 20.7. The van der Waals surface area contributed by atoms with Crippen molar-refractivity contribution in [1.82, 2.24) is 10.2 Å². The Labute approximate surface area is 203 Å². The van der Waals surface area contributed by atoms with E-state index in [1.807, 2.05) is 57.2 Å². The molecule has 0 aliphatic rings. The average molecular weight is 473 g/mol. The molecule has 33 heavy (non-hydrogen) atoms. The van der Waals surface area contributed by atoms with Gasteiger partial charge in [-0.15, -0.1) is 0 Å². The summed E-state index contributed by atoms with van der Waals surface area (Å²) >= 11 is 6.02. The maximum atomic E-state index is 13.3. The van der Waals surface area contributed by atoms with Crippen molar-refractivity contribution in [2.24, 2.45) is 0 Å². The molecule has 0 unspecified atom stereocenters. The Balaban J connectivity index is 2.19. The lowest BCUT2D eigenvalue weighted by atomic mass is 9.87. The Morgan fingerprint density at radius 1 is 1.00 bits per heavy atom. The molecule has 0 saturated heterocycles. The molecule has 5 nitrogen and oxygen atoms in total. The van der Waals surface area contributed by atoms with Gasteiger partial charge in [0.15, 0.2) is 6.61 Å². The van der Waals surface area contributed by atoms with Gasteiger partial charge in [0.1, 0.15) is 11.8 Å². The Kier molecular flexibility index (Phi) is 9.78. The molecule has 0 heterocycles. The van der Waals surface area contributed by atoms with Gasteiger partial charge in [0.05, 0.1) is 0 Å². The van der Waals surface area contributed by atoms with Gasteiger partial charge in [-0.25, -0.2) is 0 Å². The smallest absolute Gasteiger partial charge is 0.261 e. The number of amides is 2. The van der Waals surface area contributed by atoms with Crippen molar-refractivity contribution in [3.8, 4) is 5.75 Å². The zero-order chi connectivity index (χ0) is 24.6. The van der Waals surface area contributed by atoms with Crippen LogP contribution in [0.2, 0.25) is 5.02 Å². The Morgan fingerprint density at radius 2 is 1.61 bits per heavy atom. The fourth-order valence-electron chi connectivity index (χ4n) is 3.43. The van der Waals surface area contributed by atoms with Gasteiger partial charge >= 0.3 is 0 Å². The van der Waals surface area contributed by atoms with Crippen LogP contribution in [0.5, 0.6) is 5.75 Å². The Bertz CT molecular complexity index is 904. The van der Waals surface area contributed by atoms with Crippen molar-refractivity contribution < 1.29 is 14.3 Å². The van der Waals surface area contributed by atoms with Crippen LogP contribution in [0.3, 0.4) is 0 Å². The first-order valence-corrected chi connectivity index (χ1v) is 12.0. The lowest BCUT2D eigenvalue weighted by Gasteiger charge is -2.31. The van der Waals surface area contributed by atoms with Crippen molar-refractivity contribution in [3.63, 3.8) is 0 Å². The first kappa shape index (κ1) is 26.7. The predicted octanol–water partition coefficient (Wildman–Crippen LogP) is 5.74. The molecule has 2 atom stereocenters. The highest BCUT2D eigenvalue weighted by atomic mass is 35.5. The molecule has 2 amide bonds. The summed E-state index contributed by atoms with van der Waals surface area (Å²) in [6.45, 7) is 12.5. The number of ether oxygens (including phenoxy) is 1. The van der Waals surface area contributed by atoms with Crippen LogP contribution >= 0.6 is 11.6 Å². The maximum Gasteiger partial charge on any atom is 0.261 e. The monoisotopic (exact) mass is 472 g/mol. The topological polar surface area (TPSA) is 58.6 Å². The second-order valence-corrected chi connectivity index (χ2v) is 9.89. The molecule has 2 aromatic carbocycles. The number of nitrogens with one attached hydrogen (secondary N) is 1. The molecule has 0 spiro atoms. The largest absolute Gasteiger partial charge is 0.484 e. The highest BCUT2D eigenvalue weighted by molar-refractivity contribution is 6.30. The summed E-state index contributed by atoms with van der Waals surface area (Å²) in [5.74, 6) is 0.236. The third kappa shape index (κ3) is 8.08. The van der Waals surface area contributed by atoms with Gasteiger partial charge in [0.25, 0.3) is 5.91 Å². The summed E-state index contributed by atoms with van der Waals surface area (Å²) in [6, 6.07) is 14.5. The van der Waals surface area contributed by atoms with Crippen LogP contribution in [-0.2, 0) is 21.5 Å². The van der Waals surface area contributed by atoms with Crippen molar-refractivity contribution in [1.29, 1.82) is 0 Å². The van der Waals surface area contributed by atoms with Crippen LogP contribution in [0.1, 0.15) is 65.5 Å². The summed E-state index contributed by atoms with van der Waals surface area (Å²) in [7, 11) is 0. The second kappa shape index (κ2) is 12.1. The number of halogens is 1. The summed E-state index contributed by atoms with van der Waals surface area (Å²) in [5.41, 5.74) is 2.14. The van der Waals surface area contributed by atoms with Crippen molar-refractivity contribution in [2.75, 3.05) is 6.61 Å². The van der Waals surface area contributed by atoms with Crippen LogP contribution in [0.4, 0.5) is 0 Å². The van der Waals surface area contributed by atoms with E-state index in [4.69, 9.17) is 16.3 Å². The Hall–Kier alpha value is -2.53. The SMILES string of the molecule is CC[C@H](C(=O)N[C@@H](C)CC)N(Cc1ccc(Cl)cc1)C(=O)COc1ccc(C(C)(C)C)cc1. The van der Waals surface area contributed by atoms with Gasteiger partial charge in [-0.2, -0.15) is 0 Å². The highest BCUT2D eigenvalue weighted by Crippen LogP contribution is 2.24. The van der Waals surface area contributed by atoms with E-state index in [9.17, 15) is 9.59 Å². The van der Waals surface area contributed by atoms with Crippen molar-refractivity contribution in [2.45, 2.75) is 78.4 Å². The number of carbonyl (C=O) groups is 2. The molecular formula is C27H37ClN2O3. The molecule has 2 aromatic rings. The van der Waals surface area contributed by atoms with Gasteiger partial charge in [0.2, 0.25) is 5.91 Å². The van der Waals surface area contributed by atoms with Gasteiger partial charge < -0.3 is 15.0 Å². The van der Waals surface area contributed by atoms with E-state index in [0.29, 0.717) is 23.7 Å². The minimum atomic E-state index is -0.589. The van der Waals surface area contributed by atoms with E-state index in [1.54, 1.807) is 17.0 Å². The molecule has 0 aliphatic heterocycles. The van der Waals surface area contributed by atoms with E-state index in [-0.39, 0.29) is 29.9 Å². The summed E-state index contributed by atoms with van der Waals surface area (Å²) in [6.07, 6.45) is 1.32. The van der Waals surface area contributed by atoms with Gasteiger partial charge in [0, 0.05) is 17.6 Å². The first-order chi connectivity index (χ1) is 15.5. The van der Waals surface area contributed by atoms with Crippen LogP contribution in [0.15, 0.2) is 48.5 Å². The van der Waals surface area contributed by atoms with E-state index >= 15 is 0 Å². The number of rotatable bonds is 10. The molecule has 0 saturated carbocycles. The minimum absolute atomic E-state index is 0.0385. The lowest BCUT2D eigenvalue weighted by molar-refractivity contribution is -0.143. The molecule has 0 radical (unpaired) electrons. The van der Waals surface area contributed by atoms with E-state index in [0.717, 1.165) is 12.0 Å². The molecule has 2 rings (SSSR count). The highest BCUT2D eigenvalue weighted by Gasteiger charge is 2.29. The molecule has 0 fully saturated rings. The number of carbonyl (C=O) groups excluding carboxylic acids is 2. The van der Waals surface area contributed by atoms with Crippen LogP contribution in [0, 0.1) is 0 Å². The third-order valence-electron chi connectivity index (χ3n) is 5.74. The quantitative estimate of drug-likeness (QED) is 0.479. The zero-order valence-corrected chi connectivity index (χ0v) is 21.4. The third-order valence-corrected chi connectivity index (χ3v) is 5.99. The number of benzene rings is 2. The molecule has 180 valence electrons. The summed E-state index contributed by atoms with van der Waals surface area (Å²) in [5, 5.41) is 3.64. The Morgan fingerprint density at radius 3 is 2.12 bits per heavy atom. The molecule has 0 bridgehead atoms. The van der Waals surface area contributed by atoms with E-state index in [1.165, 1.54) is 5.56 Å². The fourth-order valence-corrected chi connectivity index (χ4v) is 3.55. The van der Waals surface area contributed by atoms with Gasteiger partial charge in [-0.05, 0) is 60.6 Å². The number of nitrogens with zero attached hydrogens (tertiary/aromatic N) is 1. The van der Waals surface area contributed by atoms with Crippen molar-refractivity contribution >= 4 is 23.4 Å². The maximum absolute atomic E-state index is 13.3. The molecule has 0 aromatic heterocycles. The van der Waals surface area contributed by atoms with E-state index < -0.39 is 6.04 Å². The minimum Gasteiger partial charge on any atom is -0.484 e. The number of hydrogen-bond acceptors (Lipinski definition) is 3. The molecule has 6 heteroatoms. The summed E-state index contributed by atoms with van der Waals surface area (Å²) in [4.78, 5) is 27.8. The standard InChI is InChI=1S/C27H37ClN2O3/c1-7-19(3)29-26(32)24(8-2)30(17-20-9-13-22(28)14-10-20)25(31)18-33-23-15-11-21(12-16-23)27(4,5)6/h9-16,19,24H,7-8,17-18H2,1-6H3,(H,29,32)/t19-,24+/m0/s1. The first-order valence-electron chi connectivity index (χ1n) is 11.6. The lowest BCUT2D eigenvalue weighted by Crippen LogP contribution is -2.51. The normalized spacial score (nSPS) is 13.2. The van der Waals surface area contributed by atoms with Crippen molar-refractivity contribution in [3.05, 3.63) is 64.7 Å². The van der Waals surface area contributed by atoms with Crippen LogP contribution in [0.25, 0.3) is 0 Å². The average Bonchev–Trinajstić information content (AvgIpc) is 2.78. The second-order valence-electron chi connectivity index (χ2n) is 9.45. The predicted molar refractivity (Wildman–Crippen MR) is 135 cm³/mol. The van der Waals surface area contributed by atoms with Gasteiger partial charge in [-0.3, -0.25) is 9.59 Å². The molecule has 0 aliphatic carbocycles. The molecule has 1 N–H and O–H groups in total. The van der Waals surface area contributed by atoms with Crippen LogP contribution in [-0.4, -0.2) is 35.4 Å². The van der Waals surface area contributed by atoms with E-state index in [2.05, 4.69) is 26.1 Å². The molecular weight excluding hydrogens is 436 g/mol.